The van der Waals surface area contributed by atoms with Crippen molar-refractivity contribution < 1.29 is 14.5 Å². The van der Waals surface area contributed by atoms with E-state index in [0.29, 0.717) is 6.61 Å². The van der Waals surface area contributed by atoms with Gasteiger partial charge in [0.25, 0.3) is 5.69 Å². The van der Waals surface area contributed by atoms with Crippen molar-refractivity contribution in [1.82, 2.24) is 0 Å². The normalized spacial score (nSPS) is 10.7. The highest BCUT2D eigenvalue weighted by atomic mass is 16.6. The highest BCUT2D eigenvalue weighted by molar-refractivity contribution is 6.09. The zero-order valence-electron chi connectivity index (χ0n) is 14.4. The maximum absolute atomic E-state index is 12.3. The summed E-state index contributed by atoms with van der Waals surface area (Å²) in [6, 6.07) is 23.0. The summed E-state index contributed by atoms with van der Waals surface area (Å²) < 4.78 is 5.72. The lowest BCUT2D eigenvalue weighted by Crippen LogP contribution is -2.00. The maximum Gasteiger partial charge on any atom is 0.280 e. The number of rotatable bonds is 7. The second-order valence-electron chi connectivity index (χ2n) is 5.82. The molecule has 5 heteroatoms. The van der Waals surface area contributed by atoms with Gasteiger partial charge in [-0.15, -0.1) is 0 Å². The van der Waals surface area contributed by atoms with Crippen LogP contribution in [0, 0.1) is 10.1 Å². The molecule has 3 rings (SSSR count). The first kappa shape index (κ1) is 18.1. The lowest BCUT2D eigenvalue weighted by molar-refractivity contribution is -0.385. The van der Waals surface area contributed by atoms with Gasteiger partial charge in [-0.3, -0.25) is 14.9 Å². The van der Waals surface area contributed by atoms with Gasteiger partial charge in [-0.1, -0.05) is 60.7 Å². The number of benzene rings is 3. The molecule has 0 bridgehead atoms. The molecule has 0 saturated carbocycles. The van der Waals surface area contributed by atoms with Gasteiger partial charge in [0, 0.05) is 6.07 Å². The minimum absolute atomic E-state index is 0.0709. The van der Waals surface area contributed by atoms with Gasteiger partial charge in [0.2, 0.25) is 0 Å². The molecule has 0 spiro atoms. The second kappa shape index (κ2) is 8.58. The fourth-order valence-electron chi connectivity index (χ4n) is 2.52. The molecule has 3 aromatic rings. The van der Waals surface area contributed by atoms with Crippen LogP contribution in [0.5, 0.6) is 5.75 Å². The number of ether oxygens (including phenoxy) is 1. The van der Waals surface area contributed by atoms with E-state index < -0.39 is 10.7 Å². The Kier molecular flexibility index (Phi) is 5.74. The van der Waals surface area contributed by atoms with Gasteiger partial charge in [-0.05, 0) is 35.4 Å². The smallest absolute Gasteiger partial charge is 0.280 e. The van der Waals surface area contributed by atoms with Crippen molar-refractivity contribution in [2.75, 3.05) is 0 Å². The number of nitrogens with zero attached hydrogens (tertiary/aromatic N) is 1. The fourth-order valence-corrected chi connectivity index (χ4v) is 2.52. The number of hydrogen-bond acceptors (Lipinski definition) is 4. The summed E-state index contributed by atoms with van der Waals surface area (Å²) in [5, 5.41) is 11.0. The molecule has 3 aromatic carbocycles. The molecule has 0 saturated heterocycles. The summed E-state index contributed by atoms with van der Waals surface area (Å²) in [6.45, 7) is 0.478. The minimum Gasteiger partial charge on any atom is -0.489 e. The number of nitro benzene ring substituents is 1. The number of ketones is 1. The average molecular weight is 359 g/mol. The number of para-hydroxylation sites is 1. The third-order valence-corrected chi connectivity index (χ3v) is 3.92. The van der Waals surface area contributed by atoms with Gasteiger partial charge in [0.15, 0.2) is 5.78 Å². The highest BCUT2D eigenvalue weighted by Gasteiger charge is 2.16. The summed E-state index contributed by atoms with van der Waals surface area (Å²) in [5.41, 5.74) is 1.75. The van der Waals surface area contributed by atoms with Crippen molar-refractivity contribution in [2.45, 2.75) is 6.61 Å². The molecule has 0 aliphatic carbocycles. The lowest BCUT2D eigenvalue weighted by atomic mass is 10.1. The molecule has 0 aliphatic rings. The predicted molar refractivity (Wildman–Crippen MR) is 104 cm³/mol. The first-order valence-corrected chi connectivity index (χ1v) is 8.36. The zero-order chi connectivity index (χ0) is 19.1. The third-order valence-electron chi connectivity index (χ3n) is 3.92. The lowest BCUT2D eigenvalue weighted by Gasteiger charge is -2.06. The quantitative estimate of drug-likeness (QED) is 0.256. The van der Waals surface area contributed by atoms with Gasteiger partial charge in [0.05, 0.1) is 10.5 Å². The Bertz CT molecular complexity index is 963. The molecular formula is C22H17NO4. The fraction of sp³-hybridized carbons (Fsp3) is 0.0455. The van der Waals surface area contributed by atoms with Crippen LogP contribution in [-0.4, -0.2) is 10.7 Å². The van der Waals surface area contributed by atoms with Crippen molar-refractivity contribution >= 4 is 17.5 Å². The predicted octanol–water partition coefficient (Wildman–Crippen LogP) is 5.07. The Morgan fingerprint density at radius 3 is 2.30 bits per heavy atom. The third kappa shape index (κ3) is 4.89. The Balaban J connectivity index is 1.64. The second-order valence-corrected chi connectivity index (χ2v) is 5.82. The van der Waals surface area contributed by atoms with Crippen LogP contribution in [0.2, 0.25) is 0 Å². The van der Waals surface area contributed by atoms with E-state index in [1.165, 1.54) is 24.3 Å². The topological polar surface area (TPSA) is 69.4 Å². The van der Waals surface area contributed by atoms with Crippen LogP contribution >= 0.6 is 0 Å². The van der Waals surface area contributed by atoms with Gasteiger partial charge >= 0.3 is 0 Å². The van der Waals surface area contributed by atoms with E-state index in [1.54, 1.807) is 12.1 Å². The Labute approximate surface area is 156 Å². The maximum atomic E-state index is 12.3. The summed E-state index contributed by atoms with van der Waals surface area (Å²) in [5.74, 6) is 0.313. The molecule has 0 heterocycles. The van der Waals surface area contributed by atoms with Gasteiger partial charge in [-0.2, -0.15) is 0 Å². The molecule has 134 valence electrons. The summed E-state index contributed by atoms with van der Waals surface area (Å²) in [7, 11) is 0. The number of nitro groups is 1. The van der Waals surface area contributed by atoms with E-state index in [0.717, 1.165) is 16.9 Å². The van der Waals surface area contributed by atoms with E-state index in [4.69, 9.17) is 4.74 Å². The molecule has 0 radical (unpaired) electrons. The molecule has 27 heavy (non-hydrogen) atoms. The first-order valence-electron chi connectivity index (χ1n) is 8.36. The molecule has 0 aliphatic heterocycles. The van der Waals surface area contributed by atoms with Crippen LogP contribution < -0.4 is 4.74 Å². The van der Waals surface area contributed by atoms with Crippen molar-refractivity contribution in [1.29, 1.82) is 0 Å². The molecule has 0 amide bonds. The Hall–Kier alpha value is -3.73. The zero-order valence-corrected chi connectivity index (χ0v) is 14.4. The number of carbonyl (C=O) groups excluding carboxylic acids is 1. The molecule has 5 nitrogen and oxygen atoms in total. The van der Waals surface area contributed by atoms with E-state index in [9.17, 15) is 14.9 Å². The van der Waals surface area contributed by atoms with Crippen molar-refractivity contribution in [3.63, 3.8) is 0 Å². The van der Waals surface area contributed by atoms with Gasteiger partial charge < -0.3 is 4.74 Å². The molecular weight excluding hydrogens is 342 g/mol. The average Bonchev–Trinajstić information content (AvgIpc) is 2.72. The van der Waals surface area contributed by atoms with E-state index in [1.807, 2.05) is 54.6 Å². The molecule has 0 atom stereocenters. The molecule has 0 unspecified atom stereocenters. The Morgan fingerprint density at radius 2 is 1.59 bits per heavy atom. The van der Waals surface area contributed by atoms with E-state index in [-0.39, 0.29) is 11.3 Å². The largest absolute Gasteiger partial charge is 0.489 e. The molecule has 0 N–H and O–H groups in total. The van der Waals surface area contributed by atoms with Crippen molar-refractivity contribution in [3.05, 3.63) is 112 Å². The highest BCUT2D eigenvalue weighted by Crippen LogP contribution is 2.20. The van der Waals surface area contributed by atoms with Crippen LogP contribution in [0.4, 0.5) is 5.69 Å². The number of hydrogen-bond donors (Lipinski definition) is 0. The number of allylic oxidation sites excluding steroid dienone is 1. The monoisotopic (exact) mass is 359 g/mol. The summed E-state index contributed by atoms with van der Waals surface area (Å²) >= 11 is 0. The van der Waals surface area contributed by atoms with Gasteiger partial charge in [0.1, 0.15) is 12.4 Å². The summed E-state index contributed by atoms with van der Waals surface area (Å²) in [4.78, 5) is 22.7. The standard InChI is InChI=1S/C22H17NO4/c24-22(20-8-4-5-9-21(20)23(25)26)15-12-17-10-13-19(14-11-17)27-16-18-6-2-1-3-7-18/h1-15H,16H2/b15-12+. The van der Waals surface area contributed by atoms with Crippen LogP contribution in [0.1, 0.15) is 21.5 Å². The first-order chi connectivity index (χ1) is 13.1. The molecule has 0 fully saturated rings. The van der Waals surface area contributed by atoms with Crippen LogP contribution in [-0.2, 0) is 6.61 Å². The van der Waals surface area contributed by atoms with Crippen LogP contribution in [0.3, 0.4) is 0 Å². The summed E-state index contributed by atoms with van der Waals surface area (Å²) in [6.07, 6.45) is 2.96. The van der Waals surface area contributed by atoms with E-state index >= 15 is 0 Å². The van der Waals surface area contributed by atoms with Crippen molar-refractivity contribution in [2.24, 2.45) is 0 Å². The number of carbonyl (C=O) groups is 1. The minimum atomic E-state index is -0.556. The SMILES string of the molecule is O=C(/C=C/c1ccc(OCc2ccccc2)cc1)c1ccccc1[N+](=O)[O-]. The van der Waals surface area contributed by atoms with E-state index in [2.05, 4.69) is 0 Å². The van der Waals surface area contributed by atoms with Crippen LogP contribution in [0.15, 0.2) is 84.9 Å². The molecule has 0 aromatic heterocycles. The van der Waals surface area contributed by atoms with Crippen LogP contribution in [0.25, 0.3) is 6.08 Å². The van der Waals surface area contributed by atoms with Crippen molar-refractivity contribution in [3.8, 4) is 5.75 Å². The van der Waals surface area contributed by atoms with Gasteiger partial charge in [-0.25, -0.2) is 0 Å². The Morgan fingerprint density at radius 1 is 0.926 bits per heavy atom.